The third kappa shape index (κ3) is 4.49. The van der Waals surface area contributed by atoms with E-state index in [-0.39, 0.29) is 5.91 Å². The second-order valence-electron chi connectivity index (χ2n) is 5.41. The Kier molecular flexibility index (Phi) is 6.49. The van der Waals surface area contributed by atoms with Crippen molar-refractivity contribution >= 4 is 34.8 Å². The topological polar surface area (TPSA) is 29.1 Å². The van der Waals surface area contributed by atoms with Gasteiger partial charge in [-0.05, 0) is 48.1 Å². The van der Waals surface area contributed by atoms with Crippen molar-refractivity contribution in [3.8, 4) is 0 Å². The molecule has 2 rings (SSSR count). The van der Waals surface area contributed by atoms with Crippen LogP contribution < -0.4 is 5.32 Å². The van der Waals surface area contributed by atoms with Crippen LogP contribution in [-0.4, -0.2) is 5.91 Å². The van der Waals surface area contributed by atoms with Crippen LogP contribution in [0.4, 0.5) is 5.69 Å². The maximum Gasteiger partial charge on any atom is 0.224 e. The van der Waals surface area contributed by atoms with Crippen molar-refractivity contribution in [2.24, 2.45) is 0 Å². The summed E-state index contributed by atoms with van der Waals surface area (Å²) in [7, 11) is 0. The standard InChI is InChI=1S/C19H21Cl2NO/c1-3-13-7-5-8-14(4-2)19(13)22-18(23)12-11-15-16(20)9-6-10-17(15)21/h5-10H,3-4,11-12H2,1-2H3,(H,22,23). The lowest BCUT2D eigenvalue weighted by Gasteiger charge is -2.14. The second-order valence-corrected chi connectivity index (χ2v) is 6.22. The molecule has 0 aliphatic rings. The lowest BCUT2D eigenvalue weighted by atomic mass is 10.0. The zero-order valence-electron chi connectivity index (χ0n) is 13.5. The highest BCUT2D eigenvalue weighted by atomic mass is 35.5. The van der Waals surface area contributed by atoms with Crippen molar-refractivity contribution in [3.63, 3.8) is 0 Å². The largest absolute Gasteiger partial charge is 0.326 e. The molecule has 0 saturated carbocycles. The van der Waals surface area contributed by atoms with Gasteiger partial charge >= 0.3 is 0 Å². The van der Waals surface area contributed by atoms with Crippen molar-refractivity contribution in [2.75, 3.05) is 5.32 Å². The summed E-state index contributed by atoms with van der Waals surface area (Å²) in [5.41, 5.74) is 4.10. The number of aryl methyl sites for hydroxylation is 2. The molecule has 1 amide bonds. The van der Waals surface area contributed by atoms with E-state index in [4.69, 9.17) is 23.2 Å². The first-order chi connectivity index (χ1) is 11.1. The third-order valence-electron chi connectivity index (χ3n) is 3.93. The van der Waals surface area contributed by atoms with E-state index >= 15 is 0 Å². The summed E-state index contributed by atoms with van der Waals surface area (Å²) < 4.78 is 0. The summed E-state index contributed by atoms with van der Waals surface area (Å²) in [5.74, 6) is -0.0170. The minimum Gasteiger partial charge on any atom is -0.326 e. The summed E-state index contributed by atoms with van der Waals surface area (Å²) in [4.78, 5) is 12.3. The molecule has 0 bridgehead atoms. The van der Waals surface area contributed by atoms with Gasteiger partial charge in [0.15, 0.2) is 0 Å². The number of carbonyl (C=O) groups excluding carboxylic acids is 1. The first kappa shape index (κ1) is 17.8. The van der Waals surface area contributed by atoms with Gasteiger partial charge in [0, 0.05) is 22.2 Å². The van der Waals surface area contributed by atoms with Crippen molar-refractivity contribution in [2.45, 2.75) is 39.5 Å². The van der Waals surface area contributed by atoms with Gasteiger partial charge < -0.3 is 5.32 Å². The van der Waals surface area contributed by atoms with E-state index in [1.54, 1.807) is 18.2 Å². The molecular weight excluding hydrogens is 329 g/mol. The molecule has 0 atom stereocenters. The van der Waals surface area contributed by atoms with Crippen LogP contribution in [0.3, 0.4) is 0 Å². The molecule has 0 unspecified atom stereocenters. The zero-order valence-corrected chi connectivity index (χ0v) is 15.0. The van der Waals surface area contributed by atoms with Crippen LogP contribution in [0, 0.1) is 0 Å². The molecule has 0 heterocycles. The van der Waals surface area contributed by atoms with Crippen molar-refractivity contribution < 1.29 is 4.79 Å². The fourth-order valence-corrected chi connectivity index (χ4v) is 3.20. The van der Waals surface area contributed by atoms with E-state index in [1.165, 1.54) is 0 Å². The molecule has 122 valence electrons. The fourth-order valence-electron chi connectivity index (χ4n) is 2.61. The second kappa shape index (κ2) is 8.37. The van der Waals surface area contributed by atoms with Gasteiger partial charge in [0.25, 0.3) is 0 Å². The quantitative estimate of drug-likeness (QED) is 0.712. The van der Waals surface area contributed by atoms with Gasteiger partial charge in [-0.1, -0.05) is 61.3 Å². The van der Waals surface area contributed by atoms with Gasteiger partial charge in [-0.15, -0.1) is 0 Å². The van der Waals surface area contributed by atoms with Crippen LogP contribution in [0.25, 0.3) is 0 Å². The summed E-state index contributed by atoms with van der Waals surface area (Å²) in [6.07, 6.45) is 2.66. The average Bonchev–Trinajstić information content (AvgIpc) is 2.54. The van der Waals surface area contributed by atoms with E-state index in [0.29, 0.717) is 22.9 Å². The molecule has 0 aliphatic carbocycles. The number of hydrogen-bond acceptors (Lipinski definition) is 1. The smallest absolute Gasteiger partial charge is 0.224 e. The summed E-state index contributed by atoms with van der Waals surface area (Å²) >= 11 is 12.3. The number of anilines is 1. The molecule has 0 spiro atoms. The molecular formula is C19H21Cl2NO. The summed E-state index contributed by atoms with van der Waals surface area (Å²) in [6, 6.07) is 11.5. The van der Waals surface area contributed by atoms with Gasteiger partial charge in [-0.2, -0.15) is 0 Å². The Morgan fingerprint density at radius 3 is 2.00 bits per heavy atom. The number of halogens is 2. The first-order valence-corrected chi connectivity index (χ1v) is 8.65. The number of benzene rings is 2. The molecule has 2 nitrogen and oxygen atoms in total. The van der Waals surface area contributed by atoms with Gasteiger partial charge in [0.1, 0.15) is 0 Å². The molecule has 2 aromatic rings. The lowest BCUT2D eigenvalue weighted by Crippen LogP contribution is -2.15. The molecule has 0 aromatic heterocycles. The maximum atomic E-state index is 12.3. The summed E-state index contributed by atoms with van der Waals surface area (Å²) in [6.45, 7) is 4.18. The number of para-hydroxylation sites is 1. The van der Waals surface area contributed by atoms with Crippen LogP contribution in [0.5, 0.6) is 0 Å². The van der Waals surface area contributed by atoms with Crippen molar-refractivity contribution in [3.05, 3.63) is 63.1 Å². The van der Waals surface area contributed by atoms with E-state index < -0.39 is 0 Å². The van der Waals surface area contributed by atoms with Crippen LogP contribution in [0.15, 0.2) is 36.4 Å². The molecule has 0 aliphatic heterocycles. The van der Waals surface area contributed by atoms with Gasteiger partial charge in [-0.3, -0.25) is 4.79 Å². The van der Waals surface area contributed by atoms with Gasteiger partial charge in [-0.25, -0.2) is 0 Å². The number of carbonyl (C=O) groups is 1. The van der Waals surface area contributed by atoms with Crippen molar-refractivity contribution in [1.82, 2.24) is 0 Å². The minimum absolute atomic E-state index is 0.0170. The SMILES string of the molecule is CCc1cccc(CC)c1NC(=O)CCc1c(Cl)cccc1Cl. The van der Waals surface area contributed by atoms with Crippen LogP contribution >= 0.6 is 23.2 Å². The van der Waals surface area contributed by atoms with E-state index in [2.05, 4.69) is 31.3 Å². The Labute approximate surface area is 147 Å². The number of rotatable bonds is 6. The minimum atomic E-state index is -0.0170. The molecule has 0 saturated heterocycles. The highest BCUT2D eigenvalue weighted by molar-refractivity contribution is 6.36. The predicted octanol–water partition coefficient (Wildman–Crippen LogP) is 5.69. The molecule has 4 heteroatoms. The third-order valence-corrected chi connectivity index (χ3v) is 4.64. The predicted molar refractivity (Wildman–Crippen MR) is 98.6 cm³/mol. The number of hydrogen-bond donors (Lipinski definition) is 1. The maximum absolute atomic E-state index is 12.3. The molecule has 23 heavy (non-hydrogen) atoms. The molecule has 0 radical (unpaired) electrons. The van der Waals surface area contributed by atoms with E-state index in [0.717, 1.165) is 35.2 Å². The average molecular weight is 350 g/mol. The van der Waals surface area contributed by atoms with Gasteiger partial charge in [0.05, 0.1) is 0 Å². The van der Waals surface area contributed by atoms with Crippen LogP contribution in [0.1, 0.15) is 37.0 Å². The molecule has 0 fully saturated rings. The summed E-state index contributed by atoms with van der Waals surface area (Å²) in [5, 5.41) is 4.28. The van der Waals surface area contributed by atoms with Crippen LogP contribution in [0.2, 0.25) is 10.0 Å². The highest BCUT2D eigenvalue weighted by Gasteiger charge is 2.12. The van der Waals surface area contributed by atoms with Gasteiger partial charge in [0.2, 0.25) is 5.91 Å². The van der Waals surface area contributed by atoms with E-state index in [1.807, 2.05) is 6.07 Å². The highest BCUT2D eigenvalue weighted by Crippen LogP contribution is 2.26. The zero-order chi connectivity index (χ0) is 16.8. The Hall–Kier alpha value is -1.51. The van der Waals surface area contributed by atoms with Crippen molar-refractivity contribution in [1.29, 1.82) is 0 Å². The normalized spacial score (nSPS) is 10.6. The monoisotopic (exact) mass is 349 g/mol. The Bertz CT molecular complexity index is 655. The molecule has 2 aromatic carbocycles. The lowest BCUT2D eigenvalue weighted by molar-refractivity contribution is -0.116. The molecule has 1 N–H and O–H groups in total. The Balaban J connectivity index is 2.09. The first-order valence-electron chi connectivity index (χ1n) is 7.90. The number of nitrogens with one attached hydrogen (secondary N) is 1. The number of amides is 1. The Morgan fingerprint density at radius 2 is 1.48 bits per heavy atom. The van der Waals surface area contributed by atoms with Crippen LogP contribution in [-0.2, 0) is 24.1 Å². The van der Waals surface area contributed by atoms with E-state index in [9.17, 15) is 4.79 Å². The fraction of sp³-hybridized carbons (Fsp3) is 0.316. The Morgan fingerprint density at radius 1 is 0.957 bits per heavy atom.